The number of hydrogen-bond donors (Lipinski definition) is 0. The molecule has 0 aromatic heterocycles. The molecule has 0 aliphatic carbocycles. The summed E-state index contributed by atoms with van der Waals surface area (Å²) in [5, 5.41) is 0. The molecular formula is C11H11N. The lowest BCUT2D eigenvalue weighted by Crippen LogP contribution is -1.73. The molecule has 0 radical (unpaired) electrons. The quantitative estimate of drug-likeness (QED) is 0.581. The third-order valence-electron chi connectivity index (χ3n) is 1.58. The first-order valence-corrected chi connectivity index (χ1v) is 3.89. The summed E-state index contributed by atoms with van der Waals surface area (Å²) in [4.78, 5) is 3.23. The molecule has 0 atom stereocenters. The van der Waals surface area contributed by atoms with Crippen molar-refractivity contribution in [3.05, 3.63) is 52.9 Å². The SMILES string of the molecule is [C-]#[N+]C/C=C/c1ccc(C)cc1. The molecule has 0 saturated carbocycles. The minimum absolute atomic E-state index is 0.466. The number of nitrogens with zero attached hydrogens (tertiary/aromatic N) is 1. The van der Waals surface area contributed by atoms with Crippen molar-refractivity contribution in [3.63, 3.8) is 0 Å². The van der Waals surface area contributed by atoms with E-state index in [1.54, 1.807) is 0 Å². The molecule has 1 heteroatoms. The molecular weight excluding hydrogens is 146 g/mol. The predicted octanol–water partition coefficient (Wildman–Crippen LogP) is 2.93. The van der Waals surface area contributed by atoms with Crippen LogP contribution in [-0.2, 0) is 0 Å². The Kier molecular flexibility index (Phi) is 3.10. The van der Waals surface area contributed by atoms with Crippen molar-refractivity contribution in [1.82, 2.24) is 0 Å². The Morgan fingerprint density at radius 2 is 2.00 bits per heavy atom. The van der Waals surface area contributed by atoms with Gasteiger partial charge in [0.25, 0.3) is 0 Å². The van der Waals surface area contributed by atoms with Crippen molar-refractivity contribution in [3.8, 4) is 0 Å². The topological polar surface area (TPSA) is 4.36 Å². The van der Waals surface area contributed by atoms with Gasteiger partial charge in [-0.15, -0.1) is 0 Å². The second kappa shape index (κ2) is 4.35. The highest BCUT2D eigenvalue weighted by atomic mass is 14.6. The van der Waals surface area contributed by atoms with Gasteiger partial charge in [-0.05, 0) is 18.6 Å². The molecule has 0 bridgehead atoms. The highest BCUT2D eigenvalue weighted by Crippen LogP contribution is 2.04. The minimum atomic E-state index is 0.466. The van der Waals surface area contributed by atoms with E-state index < -0.39 is 0 Å². The molecule has 0 unspecified atom stereocenters. The smallest absolute Gasteiger partial charge is 0.233 e. The van der Waals surface area contributed by atoms with Gasteiger partial charge in [0, 0.05) is 0 Å². The van der Waals surface area contributed by atoms with Crippen LogP contribution in [0.3, 0.4) is 0 Å². The summed E-state index contributed by atoms with van der Waals surface area (Å²) in [7, 11) is 0. The average molecular weight is 157 g/mol. The van der Waals surface area contributed by atoms with Gasteiger partial charge in [0.15, 0.2) is 0 Å². The largest absolute Gasteiger partial charge is 0.312 e. The summed E-state index contributed by atoms with van der Waals surface area (Å²) in [6, 6.07) is 8.24. The van der Waals surface area contributed by atoms with Gasteiger partial charge >= 0.3 is 0 Å². The molecule has 0 N–H and O–H groups in total. The van der Waals surface area contributed by atoms with Crippen molar-refractivity contribution in [2.45, 2.75) is 6.92 Å². The standard InChI is InChI=1S/C11H11N/c1-10-5-7-11(8-6-10)4-3-9-12-2/h3-8H,9H2,1H3/b4-3+. The normalized spacial score (nSPS) is 10.0. The van der Waals surface area contributed by atoms with Gasteiger partial charge in [0.1, 0.15) is 0 Å². The van der Waals surface area contributed by atoms with Crippen LogP contribution in [0.1, 0.15) is 11.1 Å². The van der Waals surface area contributed by atoms with Crippen LogP contribution < -0.4 is 0 Å². The monoisotopic (exact) mass is 157 g/mol. The van der Waals surface area contributed by atoms with Crippen LogP contribution in [0.15, 0.2) is 30.3 Å². The fourth-order valence-electron chi connectivity index (χ4n) is 0.919. The van der Waals surface area contributed by atoms with Crippen LogP contribution in [0.25, 0.3) is 10.9 Å². The Hall–Kier alpha value is -1.55. The van der Waals surface area contributed by atoms with E-state index in [0.29, 0.717) is 6.54 Å². The summed E-state index contributed by atoms with van der Waals surface area (Å²) >= 11 is 0. The summed E-state index contributed by atoms with van der Waals surface area (Å²) in [5.41, 5.74) is 2.42. The second-order valence-corrected chi connectivity index (χ2v) is 2.65. The van der Waals surface area contributed by atoms with Gasteiger partial charge in [-0.3, -0.25) is 0 Å². The van der Waals surface area contributed by atoms with Crippen molar-refractivity contribution < 1.29 is 0 Å². The number of hydrogen-bond acceptors (Lipinski definition) is 0. The zero-order chi connectivity index (χ0) is 8.81. The maximum Gasteiger partial charge on any atom is 0.233 e. The Morgan fingerprint density at radius 3 is 2.58 bits per heavy atom. The van der Waals surface area contributed by atoms with Crippen LogP contribution in [0.5, 0.6) is 0 Å². The molecule has 0 heterocycles. The number of aryl methyl sites for hydroxylation is 1. The molecule has 60 valence electrons. The Labute approximate surface area is 73.2 Å². The van der Waals surface area contributed by atoms with Crippen molar-refractivity contribution in [2.24, 2.45) is 0 Å². The van der Waals surface area contributed by atoms with Gasteiger partial charge < -0.3 is 4.85 Å². The van der Waals surface area contributed by atoms with Gasteiger partial charge in [-0.2, -0.15) is 0 Å². The maximum atomic E-state index is 6.58. The Balaban J connectivity index is 2.66. The predicted molar refractivity (Wildman–Crippen MR) is 51.7 cm³/mol. The van der Waals surface area contributed by atoms with E-state index in [1.165, 1.54) is 5.56 Å². The van der Waals surface area contributed by atoms with Crippen LogP contribution in [-0.4, -0.2) is 6.54 Å². The number of benzene rings is 1. The molecule has 0 aliphatic rings. The van der Waals surface area contributed by atoms with E-state index in [1.807, 2.05) is 12.2 Å². The first kappa shape index (κ1) is 8.55. The molecule has 1 aromatic rings. The molecule has 1 nitrogen and oxygen atoms in total. The van der Waals surface area contributed by atoms with E-state index in [-0.39, 0.29) is 0 Å². The van der Waals surface area contributed by atoms with Gasteiger partial charge in [-0.1, -0.05) is 35.9 Å². The van der Waals surface area contributed by atoms with Crippen molar-refractivity contribution in [1.29, 1.82) is 0 Å². The lowest BCUT2D eigenvalue weighted by Gasteiger charge is -1.92. The number of rotatable bonds is 2. The molecule has 0 amide bonds. The van der Waals surface area contributed by atoms with Gasteiger partial charge in [-0.25, -0.2) is 6.57 Å². The van der Waals surface area contributed by atoms with Crippen LogP contribution in [0, 0.1) is 13.5 Å². The zero-order valence-electron chi connectivity index (χ0n) is 7.12. The molecule has 0 spiro atoms. The van der Waals surface area contributed by atoms with Crippen molar-refractivity contribution >= 4 is 6.08 Å². The summed E-state index contributed by atoms with van der Waals surface area (Å²) in [6.07, 6.45) is 3.84. The summed E-state index contributed by atoms with van der Waals surface area (Å²) in [5.74, 6) is 0. The molecule has 0 saturated heterocycles. The fraction of sp³-hybridized carbons (Fsp3) is 0.182. The van der Waals surface area contributed by atoms with Crippen molar-refractivity contribution in [2.75, 3.05) is 6.54 Å². The lowest BCUT2D eigenvalue weighted by atomic mass is 10.1. The van der Waals surface area contributed by atoms with Crippen LogP contribution in [0.4, 0.5) is 0 Å². The highest BCUT2D eigenvalue weighted by Gasteiger charge is 1.85. The van der Waals surface area contributed by atoms with Crippen LogP contribution >= 0.6 is 0 Å². The van der Waals surface area contributed by atoms with E-state index >= 15 is 0 Å². The molecule has 1 aromatic carbocycles. The Bertz CT molecular complexity index is 301. The third-order valence-corrected chi connectivity index (χ3v) is 1.58. The lowest BCUT2D eigenvalue weighted by molar-refractivity contribution is 1.46. The first-order valence-electron chi connectivity index (χ1n) is 3.89. The molecule has 12 heavy (non-hydrogen) atoms. The summed E-state index contributed by atoms with van der Waals surface area (Å²) in [6.45, 7) is 9.10. The Morgan fingerprint density at radius 1 is 1.33 bits per heavy atom. The zero-order valence-corrected chi connectivity index (χ0v) is 7.12. The molecule has 1 rings (SSSR count). The maximum absolute atomic E-state index is 6.58. The van der Waals surface area contributed by atoms with E-state index in [4.69, 9.17) is 6.57 Å². The first-order chi connectivity index (χ1) is 5.83. The average Bonchev–Trinajstić information content (AvgIpc) is 2.09. The minimum Gasteiger partial charge on any atom is -0.312 e. The second-order valence-electron chi connectivity index (χ2n) is 2.65. The molecule has 0 fully saturated rings. The third kappa shape index (κ3) is 2.59. The highest BCUT2D eigenvalue weighted by molar-refractivity contribution is 5.49. The van der Waals surface area contributed by atoms with E-state index in [0.717, 1.165) is 5.56 Å². The van der Waals surface area contributed by atoms with Crippen LogP contribution in [0.2, 0.25) is 0 Å². The fourth-order valence-corrected chi connectivity index (χ4v) is 0.919. The molecule has 0 aliphatic heterocycles. The van der Waals surface area contributed by atoms with Gasteiger partial charge in [0.2, 0.25) is 6.54 Å². The van der Waals surface area contributed by atoms with E-state index in [2.05, 4.69) is 36.0 Å². The van der Waals surface area contributed by atoms with Gasteiger partial charge in [0.05, 0.1) is 0 Å². The van der Waals surface area contributed by atoms with E-state index in [9.17, 15) is 0 Å². The summed E-state index contributed by atoms with van der Waals surface area (Å²) < 4.78 is 0.